The molecule has 2 aromatic heterocycles. The van der Waals surface area contributed by atoms with Gasteiger partial charge in [0.05, 0.1) is 0 Å². The predicted molar refractivity (Wildman–Crippen MR) is 126 cm³/mol. The van der Waals surface area contributed by atoms with Gasteiger partial charge in [-0.1, -0.05) is 30.3 Å². The van der Waals surface area contributed by atoms with Crippen LogP contribution in [-0.4, -0.2) is 39.5 Å². The Bertz CT molecular complexity index is 1150. The van der Waals surface area contributed by atoms with Gasteiger partial charge >= 0.3 is 0 Å². The van der Waals surface area contributed by atoms with E-state index < -0.39 is 0 Å². The van der Waals surface area contributed by atoms with Gasteiger partial charge in [0, 0.05) is 23.9 Å². The summed E-state index contributed by atoms with van der Waals surface area (Å²) in [7, 11) is 0. The number of halogens is 1. The molecule has 168 valence electrons. The molecule has 4 aromatic rings. The molecule has 5 rings (SSSR count). The Morgan fingerprint density at radius 1 is 0.909 bits per heavy atom. The van der Waals surface area contributed by atoms with Gasteiger partial charge in [-0.2, -0.15) is 0 Å². The molecule has 0 amide bonds. The Hall–Kier alpha value is -3.38. The van der Waals surface area contributed by atoms with Gasteiger partial charge in [0.15, 0.2) is 11.5 Å². The fourth-order valence-corrected chi connectivity index (χ4v) is 4.48. The number of oxazole rings is 1. The summed E-state index contributed by atoms with van der Waals surface area (Å²) in [5.41, 5.74) is 2.84. The van der Waals surface area contributed by atoms with Crippen LogP contribution >= 0.6 is 0 Å². The fourth-order valence-electron chi connectivity index (χ4n) is 4.48. The number of benzene rings is 2. The minimum absolute atomic E-state index is 0.260. The van der Waals surface area contributed by atoms with E-state index in [4.69, 9.17) is 9.40 Å². The molecule has 0 radical (unpaired) electrons. The van der Waals surface area contributed by atoms with Gasteiger partial charge in [0.2, 0.25) is 5.89 Å². The fraction of sp³-hybridized carbons (Fsp3) is 0.296. The van der Waals surface area contributed by atoms with Gasteiger partial charge in [-0.15, -0.1) is 0 Å². The molecular weight excluding hydrogens is 415 g/mol. The first-order valence-electron chi connectivity index (χ1n) is 11.6. The van der Waals surface area contributed by atoms with Crippen molar-refractivity contribution in [1.29, 1.82) is 0 Å². The van der Waals surface area contributed by atoms with E-state index in [1.165, 1.54) is 17.7 Å². The molecule has 0 spiro atoms. The minimum Gasteiger partial charge on any atom is -0.440 e. The second kappa shape index (κ2) is 10.0. The number of hydrogen-bond donors (Lipinski definition) is 0. The highest BCUT2D eigenvalue weighted by atomic mass is 19.1. The molecule has 33 heavy (non-hydrogen) atoms. The molecule has 0 unspecified atom stereocenters. The number of aryl methyl sites for hydroxylation is 1. The van der Waals surface area contributed by atoms with Crippen LogP contribution in [0.2, 0.25) is 0 Å². The van der Waals surface area contributed by atoms with Crippen LogP contribution in [0.1, 0.15) is 36.5 Å². The number of hydrogen-bond acceptors (Lipinski definition) is 5. The lowest BCUT2D eigenvalue weighted by molar-refractivity contribution is 0.201. The summed E-state index contributed by atoms with van der Waals surface area (Å²) in [4.78, 5) is 16.1. The van der Waals surface area contributed by atoms with Gasteiger partial charge < -0.3 is 9.32 Å². The van der Waals surface area contributed by atoms with E-state index in [9.17, 15) is 4.39 Å². The molecule has 5 nitrogen and oxygen atoms in total. The zero-order valence-corrected chi connectivity index (χ0v) is 18.5. The average Bonchev–Trinajstić information content (AvgIpc) is 3.32. The molecule has 3 heterocycles. The number of nitrogens with zero attached hydrogens (tertiary/aromatic N) is 4. The first kappa shape index (κ1) is 21.5. The quantitative estimate of drug-likeness (QED) is 0.365. The monoisotopic (exact) mass is 442 g/mol. The molecule has 1 aliphatic heterocycles. The van der Waals surface area contributed by atoms with Crippen LogP contribution in [0.3, 0.4) is 0 Å². The highest BCUT2D eigenvalue weighted by Gasteiger charge is 2.29. The molecule has 2 aromatic carbocycles. The highest BCUT2D eigenvalue weighted by molar-refractivity contribution is 5.61. The van der Waals surface area contributed by atoms with E-state index in [1.54, 1.807) is 30.6 Å². The summed E-state index contributed by atoms with van der Waals surface area (Å²) in [5.74, 6) is 1.87. The van der Waals surface area contributed by atoms with Crippen molar-refractivity contribution in [3.8, 4) is 23.0 Å². The van der Waals surface area contributed by atoms with Crippen molar-refractivity contribution in [3.63, 3.8) is 0 Å². The van der Waals surface area contributed by atoms with Crippen LogP contribution in [0.4, 0.5) is 4.39 Å². The van der Waals surface area contributed by atoms with Crippen LogP contribution in [0.15, 0.2) is 77.5 Å². The third-order valence-corrected chi connectivity index (χ3v) is 6.26. The second-order valence-corrected chi connectivity index (χ2v) is 8.52. The minimum atomic E-state index is -0.281. The van der Waals surface area contributed by atoms with Crippen molar-refractivity contribution in [3.05, 3.63) is 90.2 Å². The number of likely N-dealkylation sites (tertiary alicyclic amines) is 1. The standard InChI is InChI=1S/C27H27FN4O/c28-23-11-9-22(10-12-23)27-31-24(26-29-15-5-16-30-26)25(33-27)21-13-18-32(19-14-21)17-4-8-20-6-2-1-3-7-20/h1-3,5-7,9-12,15-16,21H,4,8,13-14,17-19H2. The van der Waals surface area contributed by atoms with Crippen molar-refractivity contribution in [2.45, 2.75) is 31.6 Å². The third-order valence-electron chi connectivity index (χ3n) is 6.26. The van der Waals surface area contributed by atoms with Gasteiger partial charge in [-0.05, 0) is 81.2 Å². The third kappa shape index (κ3) is 5.17. The van der Waals surface area contributed by atoms with Crippen molar-refractivity contribution in [1.82, 2.24) is 19.9 Å². The van der Waals surface area contributed by atoms with Gasteiger partial charge in [-0.25, -0.2) is 19.3 Å². The first-order valence-corrected chi connectivity index (χ1v) is 11.6. The molecule has 0 saturated carbocycles. The van der Waals surface area contributed by atoms with E-state index in [0.29, 0.717) is 17.4 Å². The van der Waals surface area contributed by atoms with Crippen LogP contribution in [0.25, 0.3) is 23.0 Å². The van der Waals surface area contributed by atoms with E-state index in [0.717, 1.165) is 56.6 Å². The lowest BCUT2D eigenvalue weighted by Crippen LogP contribution is -2.33. The van der Waals surface area contributed by atoms with Gasteiger partial charge in [0.25, 0.3) is 0 Å². The summed E-state index contributed by atoms with van der Waals surface area (Å²) in [5, 5.41) is 0. The van der Waals surface area contributed by atoms with Crippen LogP contribution < -0.4 is 0 Å². The lowest BCUT2D eigenvalue weighted by atomic mass is 9.92. The molecular formula is C27H27FN4O. The molecule has 0 N–H and O–H groups in total. The molecule has 6 heteroatoms. The number of rotatable bonds is 7. The number of aromatic nitrogens is 3. The Balaban J connectivity index is 1.29. The van der Waals surface area contributed by atoms with E-state index in [1.807, 2.05) is 0 Å². The summed E-state index contributed by atoms with van der Waals surface area (Å²) in [6.07, 6.45) is 7.71. The zero-order valence-electron chi connectivity index (χ0n) is 18.5. The topological polar surface area (TPSA) is 55.1 Å². The normalized spacial score (nSPS) is 15.1. The first-order chi connectivity index (χ1) is 16.3. The van der Waals surface area contributed by atoms with Crippen molar-refractivity contribution in [2.75, 3.05) is 19.6 Å². The molecule has 1 fully saturated rings. The maximum atomic E-state index is 13.4. The lowest BCUT2D eigenvalue weighted by Gasteiger charge is -2.31. The molecule has 0 aliphatic carbocycles. The van der Waals surface area contributed by atoms with E-state index >= 15 is 0 Å². The summed E-state index contributed by atoms with van der Waals surface area (Å²) < 4.78 is 19.7. The van der Waals surface area contributed by atoms with E-state index in [2.05, 4.69) is 45.2 Å². The average molecular weight is 443 g/mol. The molecule has 1 aliphatic rings. The Kier molecular flexibility index (Phi) is 6.53. The maximum Gasteiger partial charge on any atom is 0.227 e. The van der Waals surface area contributed by atoms with Gasteiger partial charge in [0.1, 0.15) is 11.6 Å². The zero-order chi connectivity index (χ0) is 22.5. The van der Waals surface area contributed by atoms with Crippen molar-refractivity contribution < 1.29 is 8.81 Å². The summed E-state index contributed by atoms with van der Waals surface area (Å²) >= 11 is 0. The SMILES string of the molecule is Fc1ccc(-c2nc(-c3ncccn3)c(C3CCN(CCCc4ccccc4)CC3)o2)cc1. The molecule has 0 bridgehead atoms. The van der Waals surface area contributed by atoms with Crippen LogP contribution in [0, 0.1) is 5.82 Å². The smallest absolute Gasteiger partial charge is 0.227 e. The molecule has 0 atom stereocenters. The second-order valence-electron chi connectivity index (χ2n) is 8.52. The Labute approximate surface area is 193 Å². The highest BCUT2D eigenvalue weighted by Crippen LogP contribution is 2.37. The van der Waals surface area contributed by atoms with Crippen LogP contribution in [-0.2, 0) is 6.42 Å². The number of piperidine rings is 1. The summed E-state index contributed by atoms with van der Waals surface area (Å²) in [6.45, 7) is 3.16. The predicted octanol–water partition coefficient (Wildman–Crippen LogP) is 5.75. The van der Waals surface area contributed by atoms with Gasteiger partial charge in [-0.3, -0.25) is 0 Å². The van der Waals surface area contributed by atoms with Crippen LogP contribution in [0.5, 0.6) is 0 Å². The van der Waals surface area contributed by atoms with E-state index in [-0.39, 0.29) is 11.7 Å². The summed E-state index contributed by atoms with van der Waals surface area (Å²) in [6, 6.07) is 18.7. The Morgan fingerprint density at radius 2 is 1.64 bits per heavy atom. The largest absolute Gasteiger partial charge is 0.440 e. The van der Waals surface area contributed by atoms with Crippen molar-refractivity contribution >= 4 is 0 Å². The Morgan fingerprint density at radius 3 is 2.36 bits per heavy atom. The maximum absolute atomic E-state index is 13.4. The van der Waals surface area contributed by atoms with Crippen molar-refractivity contribution in [2.24, 2.45) is 0 Å². The molecule has 1 saturated heterocycles.